The molecular formula is C15H28N2O3S. The molecule has 2 aliphatic heterocycles. The van der Waals surface area contributed by atoms with Crippen LogP contribution in [0, 0.1) is 11.8 Å². The van der Waals surface area contributed by atoms with E-state index in [2.05, 4.69) is 18.7 Å². The minimum atomic E-state index is -2.94. The van der Waals surface area contributed by atoms with Crippen LogP contribution < -0.4 is 0 Å². The highest BCUT2D eigenvalue weighted by atomic mass is 32.2. The van der Waals surface area contributed by atoms with Gasteiger partial charge < -0.3 is 4.90 Å². The Hall–Kier alpha value is -0.620. The summed E-state index contributed by atoms with van der Waals surface area (Å²) in [6.45, 7) is 9.36. The molecule has 2 aliphatic rings. The average Bonchev–Trinajstić information content (AvgIpc) is 2.69. The Labute approximate surface area is 128 Å². The first kappa shape index (κ1) is 16.7. The summed E-state index contributed by atoms with van der Waals surface area (Å²) >= 11 is 0. The Kier molecular flexibility index (Phi) is 5.30. The number of sulfone groups is 1. The molecule has 122 valence electrons. The molecule has 3 atom stereocenters. The highest BCUT2D eigenvalue weighted by molar-refractivity contribution is 7.91. The predicted octanol–water partition coefficient (Wildman–Crippen LogP) is 1.000. The summed E-state index contributed by atoms with van der Waals surface area (Å²) in [6, 6.07) is -0.118. The van der Waals surface area contributed by atoms with Crippen LogP contribution in [0.2, 0.25) is 0 Å². The van der Waals surface area contributed by atoms with Crippen molar-refractivity contribution in [3.05, 3.63) is 0 Å². The fraction of sp³-hybridized carbons (Fsp3) is 0.933. The van der Waals surface area contributed by atoms with Crippen LogP contribution in [0.15, 0.2) is 0 Å². The van der Waals surface area contributed by atoms with Crippen molar-refractivity contribution in [3.8, 4) is 0 Å². The van der Waals surface area contributed by atoms with Crippen LogP contribution >= 0.6 is 0 Å². The van der Waals surface area contributed by atoms with Gasteiger partial charge in [-0.15, -0.1) is 0 Å². The largest absolute Gasteiger partial charge is 0.338 e. The summed E-state index contributed by atoms with van der Waals surface area (Å²) in [4.78, 5) is 16.5. The Morgan fingerprint density at radius 2 is 1.86 bits per heavy atom. The highest BCUT2D eigenvalue weighted by Gasteiger charge is 2.34. The van der Waals surface area contributed by atoms with E-state index >= 15 is 0 Å². The molecule has 6 heteroatoms. The lowest BCUT2D eigenvalue weighted by Crippen LogP contribution is -2.49. The summed E-state index contributed by atoms with van der Waals surface area (Å²) < 4.78 is 23.2. The number of likely N-dealkylation sites (N-methyl/N-ethyl adjacent to an activating group) is 1. The van der Waals surface area contributed by atoms with Gasteiger partial charge in [0, 0.05) is 25.7 Å². The first-order valence-corrected chi connectivity index (χ1v) is 9.85. The van der Waals surface area contributed by atoms with Crippen molar-refractivity contribution < 1.29 is 13.2 Å². The number of hydrogen-bond acceptors (Lipinski definition) is 4. The Morgan fingerprint density at radius 1 is 1.24 bits per heavy atom. The number of likely N-dealkylation sites (tertiary alicyclic amines) is 1. The number of carbonyl (C=O) groups excluding carboxylic acids is 1. The molecule has 0 radical (unpaired) electrons. The molecule has 0 aromatic heterocycles. The molecule has 0 aliphatic carbocycles. The number of hydrogen-bond donors (Lipinski definition) is 0. The minimum Gasteiger partial charge on any atom is -0.338 e. The molecule has 2 fully saturated rings. The van der Waals surface area contributed by atoms with Crippen molar-refractivity contribution >= 4 is 15.7 Å². The fourth-order valence-corrected chi connectivity index (χ4v) is 5.59. The van der Waals surface area contributed by atoms with Gasteiger partial charge in [-0.05, 0) is 31.6 Å². The maximum absolute atomic E-state index is 12.5. The van der Waals surface area contributed by atoms with Crippen LogP contribution in [-0.4, -0.2) is 67.9 Å². The second-order valence-electron chi connectivity index (χ2n) is 6.88. The fourth-order valence-electron chi connectivity index (χ4n) is 3.86. The monoisotopic (exact) mass is 316 g/mol. The van der Waals surface area contributed by atoms with Gasteiger partial charge in [-0.1, -0.05) is 13.8 Å². The zero-order valence-corrected chi connectivity index (χ0v) is 14.2. The van der Waals surface area contributed by atoms with E-state index in [1.807, 2.05) is 6.92 Å². The standard InChI is InChI=1S/C15H28N2O3S/c1-4-17(14-5-6-21(19,20)11-14)15(18)10-16-8-12(2)7-13(3)9-16/h12-14H,4-11H2,1-3H3. The topological polar surface area (TPSA) is 57.7 Å². The van der Waals surface area contributed by atoms with Crippen LogP contribution in [0.1, 0.15) is 33.6 Å². The molecule has 2 saturated heterocycles. The Balaban J connectivity index is 1.94. The van der Waals surface area contributed by atoms with Crippen molar-refractivity contribution in [3.63, 3.8) is 0 Å². The van der Waals surface area contributed by atoms with Crippen molar-refractivity contribution in [2.45, 2.75) is 39.7 Å². The Bertz CT molecular complexity index is 467. The maximum atomic E-state index is 12.5. The van der Waals surface area contributed by atoms with E-state index < -0.39 is 9.84 Å². The second-order valence-corrected chi connectivity index (χ2v) is 9.11. The maximum Gasteiger partial charge on any atom is 0.237 e. The molecule has 2 rings (SSSR count). The third-order valence-electron chi connectivity index (χ3n) is 4.61. The second kappa shape index (κ2) is 6.65. The molecule has 0 bridgehead atoms. The number of rotatable bonds is 4. The first-order chi connectivity index (χ1) is 9.80. The van der Waals surface area contributed by atoms with E-state index in [9.17, 15) is 13.2 Å². The van der Waals surface area contributed by atoms with Crippen molar-refractivity contribution in [2.75, 3.05) is 37.7 Å². The highest BCUT2D eigenvalue weighted by Crippen LogP contribution is 2.22. The number of carbonyl (C=O) groups is 1. The number of nitrogens with zero attached hydrogens (tertiary/aromatic N) is 2. The molecule has 5 nitrogen and oxygen atoms in total. The lowest BCUT2D eigenvalue weighted by atomic mass is 9.92. The van der Waals surface area contributed by atoms with Gasteiger partial charge in [-0.3, -0.25) is 9.69 Å². The molecule has 21 heavy (non-hydrogen) atoms. The van der Waals surface area contributed by atoms with E-state index in [4.69, 9.17) is 0 Å². The molecule has 3 unspecified atom stereocenters. The molecule has 0 aromatic carbocycles. The van der Waals surface area contributed by atoms with Crippen molar-refractivity contribution in [1.82, 2.24) is 9.80 Å². The van der Waals surface area contributed by atoms with Crippen LogP contribution in [-0.2, 0) is 14.6 Å². The van der Waals surface area contributed by atoms with Crippen LogP contribution in [0.25, 0.3) is 0 Å². The zero-order valence-electron chi connectivity index (χ0n) is 13.4. The van der Waals surface area contributed by atoms with E-state index in [-0.39, 0.29) is 23.5 Å². The lowest BCUT2D eigenvalue weighted by molar-refractivity contribution is -0.134. The summed E-state index contributed by atoms with van der Waals surface area (Å²) in [5.41, 5.74) is 0. The minimum absolute atomic E-state index is 0.0842. The SMILES string of the molecule is CCN(C(=O)CN1CC(C)CC(C)C1)C1CCS(=O)(=O)C1. The molecule has 0 spiro atoms. The van der Waals surface area contributed by atoms with Gasteiger partial charge >= 0.3 is 0 Å². The third kappa shape index (κ3) is 4.42. The predicted molar refractivity (Wildman–Crippen MR) is 83.8 cm³/mol. The van der Waals surface area contributed by atoms with Crippen LogP contribution in [0.5, 0.6) is 0 Å². The van der Waals surface area contributed by atoms with Gasteiger partial charge in [0.1, 0.15) is 0 Å². The molecule has 2 heterocycles. The van der Waals surface area contributed by atoms with Gasteiger partial charge in [0.15, 0.2) is 9.84 Å². The van der Waals surface area contributed by atoms with E-state index in [0.717, 1.165) is 13.1 Å². The number of amides is 1. The van der Waals surface area contributed by atoms with Crippen molar-refractivity contribution in [1.29, 1.82) is 0 Å². The third-order valence-corrected chi connectivity index (χ3v) is 6.36. The van der Waals surface area contributed by atoms with E-state index in [1.54, 1.807) is 4.90 Å². The summed E-state index contributed by atoms with van der Waals surface area (Å²) in [5.74, 6) is 1.70. The van der Waals surface area contributed by atoms with Crippen molar-refractivity contribution in [2.24, 2.45) is 11.8 Å². The van der Waals surface area contributed by atoms with Gasteiger partial charge in [0.2, 0.25) is 5.91 Å². The average molecular weight is 316 g/mol. The zero-order chi connectivity index (χ0) is 15.6. The molecule has 1 amide bonds. The number of piperidine rings is 1. The molecule has 0 N–H and O–H groups in total. The summed E-state index contributed by atoms with van der Waals surface area (Å²) in [5, 5.41) is 0. The quantitative estimate of drug-likeness (QED) is 0.776. The normalized spacial score (nSPS) is 33.0. The smallest absolute Gasteiger partial charge is 0.237 e. The van der Waals surface area contributed by atoms with Gasteiger partial charge in [0.25, 0.3) is 0 Å². The van der Waals surface area contributed by atoms with Gasteiger partial charge in [-0.25, -0.2) is 8.42 Å². The van der Waals surface area contributed by atoms with E-state index in [1.165, 1.54) is 6.42 Å². The molecule has 0 saturated carbocycles. The van der Waals surface area contributed by atoms with Gasteiger partial charge in [0.05, 0.1) is 18.1 Å². The lowest BCUT2D eigenvalue weighted by Gasteiger charge is -2.36. The van der Waals surface area contributed by atoms with Crippen LogP contribution in [0.3, 0.4) is 0 Å². The van der Waals surface area contributed by atoms with Gasteiger partial charge in [-0.2, -0.15) is 0 Å². The first-order valence-electron chi connectivity index (χ1n) is 8.03. The van der Waals surface area contributed by atoms with E-state index in [0.29, 0.717) is 31.3 Å². The summed E-state index contributed by atoms with van der Waals surface area (Å²) in [6.07, 6.45) is 1.82. The molecule has 0 aromatic rings. The Morgan fingerprint density at radius 3 is 2.33 bits per heavy atom. The molecular weight excluding hydrogens is 288 g/mol. The van der Waals surface area contributed by atoms with Crippen LogP contribution in [0.4, 0.5) is 0 Å². The summed E-state index contributed by atoms with van der Waals surface area (Å²) in [7, 11) is -2.94.